The van der Waals surface area contributed by atoms with Crippen molar-refractivity contribution in [1.29, 1.82) is 5.26 Å². The van der Waals surface area contributed by atoms with Crippen LogP contribution in [0.5, 0.6) is 0 Å². The second-order valence-electron chi connectivity index (χ2n) is 5.17. The van der Waals surface area contributed by atoms with Gasteiger partial charge in [0, 0.05) is 11.1 Å². The first-order valence-electron chi connectivity index (χ1n) is 6.95. The van der Waals surface area contributed by atoms with Gasteiger partial charge in [-0.3, -0.25) is 0 Å². The topological polar surface area (TPSA) is 47.3 Å². The maximum atomic E-state index is 10.5. The maximum absolute atomic E-state index is 10.5. The summed E-state index contributed by atoms with van der Waals surface area (Å²) in [5, 5.41) is 21.1. The Bertz CT molecular complexity index is 849. The standard InChI is InChI=1S/C18H12N2OS/c19-10-13-17(12-6-2-1-3-7-12)15(21)11-20-14-8-4-5-9-16(14)22-18(13)20/h1-9,11,17,21H. The third-order valence-corrected chi connectivity index (χ3v) is 5.05. The Hall–Kier alpha value is -2.64. The molecular formula is C18H12N2OS. The summed E-state index contributed by atoms with van der Waals surface area (Å²) in [4.78, 5) is 3.01. The zero-order chi connectivity index (χ0) is 15.1. The van der Waals surface area contributed by atoms with Gasteiger partial charge in [0.25, 0.3) is 0 Å². The first-order valence-corrected chi connectivity index (χ1v) is 7.77. The molecule has 2 aromatic carbocycles. The third kappa shape index (κ3) is 1.83. The lowest BCUT2D eigenvalue weighted by molar-refractivity contribution is 0.377. The second kappa shape index (κ2) is 4.97. The molecule has 2 aliphatic heterocycles. The van der Waals surface area contributed by atoms with Crippen LogP contribution in [-0.4, -0.2) is 5.11 Å². The summed E-state index contributed by atoms with van der Waals surface area (Å²) in [5.41, 5.74) is 2.53. The lowest BCUT2D eigenvalue weighted by Gasteiger charge is -2.27. The maximum Gasteiger partial charge on any atom is 0.121 e. The van der Waals surface area contributed by atoms with E-state index in [0.717, 1.165) is 21.2 Å². The Labute approximate surface area is 132 Å². The van der Waals surface area contributed by atoms with E-state index in [4.69, 9.17) is 0 Å². The van der Waals surface area contributed by atoms with Gasteiger partial charge in [0.15, 0.2) is 0 Å². The summed E-state index contributed by atoms with van der Waals surface area (Å²) in [7, 11) is 0. The van der Waals surface area contributed by atoms with Crippen LogP contribution in [0.4, 0.5) is 5.69 Å². The van der Waals surface area contributed by atoms with E-state index in [1.54, 1.807) is 18.0 Å². The SMILES string of the molecule is N#CC1=C2Sc3ccccc3N2C=C(O)C1c1ccccc1. The molecule has 0 amide bonds. The number of hydrogen-bond donors (Lipinski definition) is 1. The van der Waals surface area contributed by atoms with Gasteiger partial charge in [-0.15, -0.1) is 0 Å². The molecule has 2 aromatic rings. The van der Waals surface area contributed by atoms with Gasteiger partial charge in [-0.25, -0.2) is 0 Å². The van der Waals surface area contributed by atoms with Crippen LogP contribution in [0.1, 0.15) is 11.5 Å². The van der Waals surface area contributed by atoms with Gasteiger partial charge in [-0.2, -0.15) is 5.26 Å². The molecule has 4 heteroatoms. The van der Waals surface area contributed by atoms with Crippen molar-refractivity contribution in [3.63, 3.8) is 0 Å². The molecule has 0 radical (unpaired) electrons. The van der Waals surface area contributed by atoms with Crippen molar-refractivity contribution in [2.45, 2.75) is 10.8 Å². The summed E-state index contributed by atoms with van der Waals surface area (Å²) in [6.07, 6.45) is 1.73. The lowest BCUT2D eigenvalue weighted by atomic mass is 9.89. The van der Waals surface area contributed by atoms with E-state index in [1.165, 1.54) is 0 Å². The minimum atomic E-state index is -0.390. The van der Waals surface area contributed by atoms with Crippen molar-refractivity contribution in [1.82, 2.24) is 0 Å². The van der Waals surface area contributed by atoms with Crippen molar-refractivity contribution < 1.29 is 5.11 Å². The van der Waals surface area contributed by atoms with Crippen molar-refractivity contribution >= 4 is 17.4 Å². The molecule has 2 heterocycles. The van der Waals surface area contributed by atoms with E-state index in [0.29, 0.717) is 5.57 Å². The number of benzene rings is 2. The van der Waals surface area contributed by atoms with Crippen LogP contribution < -0.4 is 4.90 Å². The van der Waals surface area contributed by atoms with Crippen LogP contribution in [0.3, 0.4) is 0 Å². The van der Waals surface area contributed by atoms with Gasteiger partial charge in [0.2, 0.25) is 0 Å². The molecule has 0 bridgehead atoms. The molecular weight excluding hydrogens is 292 g/mol. The smallest absolute Gasteiger partial charge is 0.121 e. The van der Waals surface area contributed by atoms with E-state index < -0.39 is 0 Å². The average Bonchev–Trinajstić information content (AvgIpc) is 2.93. The Morgan fingerprint density at radius 1 is 1.05 bits per heavy atom. The van der Waals surface area contributed by atoms with E-state index in [1.807, 2.05) is 59.5 Å². The summed E-state index contributed by atoms with van der Waals surface area (Å²) in [5.74, 6) is -0.192. The summed E-state index contributed by atoms with van der Waals surface area (Å²) in [6.45, 7) is 0. The number of fused-ring (bicyclic) bond motifs is 3. The van der Waals surface area contributed by atoms with Crippen molar-refractivity contribution in [3.8, 4) is 6.07 Å². The second-order valence-corrected chi connectivity index (χ2v) is 6.20. The molecule has 0 fully saturated rings. The van der Waals surface area contributed by atoms with Crippen LogP contribution in [0.15, 0.2) is 82.1 Å². The number of rotatable bonds is 1. The van der Waals surface area contributed by atoms with E-state index in [2.05, 4.69) is 6.07 Å². The van der Waals surface area contributed by atoms with Gasteiger partial charge in [0.05, 0.1) is 28.3 Å². The third-order valence-electron chi connectivity index (χ3n) is 3.88. The van der Waals surface area contributed by atoms with Crippen LogP contribution >= 0.6 is 11.8 Å². The molecule has 0 aromatic heterocycles. The normalized spacial score (nSPS) is 19.3. The van der Waals surface area contributed by atoms with Gasteiger partial charge in [0.1, 0.15) is 5.76 Å². The van der Waals surface area contributed by atoms with Crippen molar-refractivity contribution in [3.05, 3.63) is 82.7 Å². The number of aliphatic hydroxyl groups is 1. The summed E-state index contributed by atoms with van der Waals surface area (Å²) in [6, 6.07) is 19.9. The Balaban J connectivity index is 1.89. The molecule has 4 rings (SSSR count). The molecule has 0 aliphatic carbocycles. The first-order chi connectivity index (χ1) is 10.8. The van der Waals surface area contributed by atoms with Gasteiger partial charge in [-0.05, 0) is 17.7 Å². The fourth-order valence-electron chi connectivity index (χ4n) is 2.89. The lowest BCUT2D eigenvalue weighted by Crippen LogP contribution is -2.22. The van der Waals surface area contributed by atoms with Crippen LogP contribution in [-0.2, 0) is 0 Å². The monoisotopic (exact) mass is 304 g/mol. The molecule has 22 heavy (non-hydrogen) atoms. The van der Waals surface area contributed by atoms with Crippen LogP contribution in [0.2, 0.25) is 0 Å². The summed E-state index contributed by atoms with van der Waals surface area (Å²) < 4.78 is 0. The zero-order valence-electron chi connectivity index (χ0n) is 11.6. The minimum Gasteiger partial charge on any atom is -0.510 e. The number of aliphatic hydroxyl groups excluding tert-OH is 1. The Morgan fingerprint density at radius 2 is 1.77 bits per heavy atom. The molecule has 1 unspecified atom stereocenters. The van der Waals surface area contributed by atoms with E-state index >= 15 is 0 Å². The molecule has 3 nitrogen and oxygen atoms in total. The number of anilines is 1. The van der Waals surface area contributed by atoms with E-state index in [9.17, 15) is 10.4 Å². The minimum absolute atomic E-state index is 0.198. The average molecular weight is 304 g/mol. The summed E-state index contributed by atoms with van der Waals surface area (Å²) >= 11 is 1.58. The number of para-hydroxylation sites is 1. The molecule has 1 atom stereocenters. The fraction of sp³-hybridized carbons (Fsp3) is 0.0556. The number of thioether (sulfide) groups is 1. The van der Waals surface area contributed by atoms with Crippen molar-refractivity contribution in [2.75, 3.05) is 4.90 Å². The van der Waals surface area contributed by atoms with Crippen molar-refractivity contribution in [2.24, 2.45) is 0 Å². The van der Waals surface area contributed by atoms with Gasteiger partial charge < -0.3 is 10.0 Å². The molecule has 0 saturated heterocycles. The highest BCUT2D eigenvalue weighted by Crippen LogP contribution is 2.52. The highest BCUT2D eigenvalue weighted by atomic mass is 32.2. The molecule has 0 saturated carbocycles. The molecule has 0 spiro atoms. The zero-order valence-corrected chi connectivity index (χ0v) is 12.4. The molecule has 106 valence electrons. The Morgan fingerprint density at radius 3 is 2.55 bits per heavy atom. The largest absolute Gasteiger partial charge is 0.510 e. The highest BCUT2D eigenvalue weighted by Gasteiger charge is 2.36. The van der Waals surface area contributed by atoms with Gasteiger partial charge in [-0.1, -0.05) is 54.2 Å². The number of nitrogens with zero attached hydrogens (tertiary/aromatic N) is 2. The van der Waals surface area contributed by atoms with Gasteiger partial charge >= 0.3 is 0 Å². The predicted octanol–water partition coefficient (Wildman–Crippen LogP) is 4.53. The molecule has 2 aliphatic rings. The number of hydrogen-bond acceptors (Lipinski definition) is 4. The predicted molar refractivity (Wildman–Crippen MR) is 87.3 cm³/mol. The number of nitriles is 1. The van der Waals surface area contributed by atoms with Crippen LogP contribution in [0, 0.1) is 11.3 Å². The van der Waals surface area contributed by atoms with Crippen LogP contribution in [0.25, 0.3) is 0 Å². The molecule has 1 N–H and O–H groups in total. The Kier molecular flexibility index (Phi) is 2.95. The highest BCUT2D eigenvalue weighted by molar-refractivity contribution is 8.03. The number of allylic oxidation sites excluding steroid dienone is 1. The quantitative estimate of drug-likeness (QED) is 0.840. The van der Waals surface area contributed by atoms with E-state index in [-0.39, 0.29) is 11.7 Å². The fourth-order valence-corrected chi connectivity index (χ4v) is 4.04. The first kappa shape index (κ1) is 13.1.